The van der Waals surface area contributed by atoms with Crippen LogP contribution in [-0.2, 0) is 0 Å². The number of nitriles is 1. The van der Waals surface area contributed by atoms with Gasteiger partial charge in [0.25, 0.3) is 5.91 Å². The summed E-state index contributed by atoms with van der Waals surface area (Å²) < 4.78 is 0. The Morgan fingerprint density at radius 2 is 2.13 bits per heavy atom. The van der Waals surface area contributed by atoms with E-state index in [9.17, 15) is 4.79 Å². The topological polar surface area (TPSA) is 90.7 Å². The first-order chi connectivity index (χ1) is 11.1. The predicted molar refractivity (Wildman–Crippen MR) is 89.1 cm³/mol. The maximum absolute atomic E-state index is 12.1. The fraction of sp³-hybridized carbons (Fsp3) is 0.294. The van der Waals surface area contributed by atoms with Gasteiger partial charge < -0.3 is 10.6 Å². The highest BCUT2D eigenvalue weighted by Crippen LogP contribution is 2.11. The first-order valence-electron chi connectivity index (χ1n) is 7.46. The summed E-state index contributed by atoms with van der Waals surface area (Å²) in [7, 11) is 0. The molecule has 0 fully saturated rings. The van der Waals surface area contributed by atoms with Crippen LogP contribution in [0.3, 0.4) is 0 Å². The molecule has 0 aliphatic carbocycles. The second kappa shape index (κ2) is 7.90. The number of amides is 1. The average Bonchev–Trinajstić information content (AvgIpc) is 2.55. The van der Waals surface area contributed by atoms with Crippen molar-refractivity contribution in [3.8, 4) is 6.07 Å². The van der Waals surface area contributed by atoms with E-state index in [2.05, 4.69) is 34.4 Å². The second-order valence-corrected chi connectivity index (χ2v) is 5.54. The van der Waals surface area contributed by atoms with Crippen molar-refractivity contribution in [2.75, 3.05) is 17.2 Å². The lowest BCUT2D eigenvalue weighted by Crippen LogP contribution is -2.15. The van der Waals surface area contributed by atoms with E-state index < -0.39 is 0 Å². The van der Waals surface area contributed by atoms with Gasteiger partial charge in [-0.2, -0.15) is 5.26 Å². The van der Waals surface area contributed by atoms with E-state index in [-0.39, 0.29) is 11.6 Å². The number of anilines is 2. The molecule has 0 radical (unpaired) electrons. The first kappa shape index (κ1) is 16.4. The second-order valence-electron chi connectivity index (χ2n) is 5.54. The summed E-state index contributed by atoms with van der Waals surface area (Å²) in [6.45, 7) is 5.13. The van der Waals surface area contributed by atoms with Gasteiger partial charge in [-0.05, 0) is 30.5 Å². The van der Waals surface area contributed by atoms with Crippen LogP contribution in [0, 0.1) is 17.2 Å². The molecule has 1 aromatic carbocycles. The third-order valence-corrected chi connectivity index (χ3v) is 3.16. The Hall–Kier alpha value is -2.94. The number of carbonyl (C=O) groups excluding carboxylic acids is 1. The summed E-state index contributed by atoms with van der Waals surface area (Å²) in [6, 6.07) is 8.73. The van der Waals surface area contributed by atoms with Gasteiger partial charge in [-0.3, -0.25) is 4.79 Å². The van der Waals surface area contributed by atoms with Gasteiger partial charge in [-0.15, -0.1) is 0 Å². The van der Waals surface area contributed by atoms with Crippen LogP contribution in [0.25, 0.3) is 0 Å². The zero-order chi connectivity index (χ0) is 16.7. The number of rotatable bonds is 6. The number of hydrogen-bond donors (Lipinski definition) is 2. The highest BCUT2D eigenvalue weighted by Gasteiger charge is 2.09. The lowest BCUT2D eigenvalue weighted by Gasteiger charge is -2.08. The Morgan fingerprint density at radius 3 is 2.78 bits per heavy atom. The van der Waals surface area contributed by atoms with Crippen molar-refractivity contribution in [1.82, 2.24) is 9.97 Å². The monoisotopic (exact) mass is 309 g/mol. The van der Waals surface area contributed by atoms with E-state index >= 15 is 0 Å². The van der Waals surface area contributed by atoms with Crippen molar-refractivity contribution in [3.63, 3.8) is 0 Å². The third kappa shape index (κ3) is 5.08. The van der Waals surface area contributed by atoms with Crippen LogP contribution in [-0.4, -0.2) is 22.4 Å². The van der Waals surface area contributed by atoms with Crippen LogP contribution in [0.1, 0.15) is 36.3 Å². The summed E-state index contributed by atoms with van der Waals surface area (Å²) >= 11 is 0. The number of nitrogens with one attached hydrogen (secondary N) is 2. The van der Waals surface area contributed by atoms with Crippen LogP contribution in [0.2, 0.25) is 0 Å². The van der Waals surface area contributed by atoms with Crippen molar-refractivity contribution in [3.05, 3.63) is 47.9 Å². The Labute approximate surface area is 135 Å². The van der Waals surface area contributed by atoms with Crippen molar-refractivity contribution in [2.45, 2.75) is 20.3 Å². The maximum Gasteiger partial charge on any atom is 0.275 e. The molecule has 2 aromatic rings. The summed E-state index contributed by atoms with van der Waals surface area (Å²) in [5.41, 5.74) is 1.26. The molecule has 2 N–H and O–H groups in total. The van der Waals surface area contributed by atoms with Crippen LogP contribution in [0.5, 0.6) is 0 Å². The Morgan fingerprint density at radius 1 is 1.30 bits per heavy atom. The molecule has 0 saturated heterocycles. The van der Waals surface area contributed by atoms with E-state index in [1.807, 2.05) is 6.07 Å². The molecule has 0 unspecified atom stereocenters. The predicted octanol–water partition coefficient (Wildman–Crippen LogP) is 3.06. The smallest absolute Gasteiger partial charge is 0.275 e. The maximum atomic E-state index is 12.1. The Balaban J connectivity index is 1.96. The zero-order valence-electron chi connectivity index (χ0n) is 13.2. The molecule has 23 heavy (non-hydrogen) atoms. The quantitative estimate of drug-likeness (QED) is 0.855. The number of aromatic nitrogens is 2. The van der Waals surface area contributed by atoms with Gasteiger partial charge in [0, 0.05) is 12.2 Å². The lowest BCUT2D eigenvalue weighted by atomic mass is 10.1. The largest absolute Gasteiger partial charge is 0.369 e. The molecule has 1 heterocycles. The fourth-order valence-electron chi connectivity index (χ4n) is 1.89. The molecular formula is C17H19N5O. The highest BCUT2D eigenvalue weighted by molar-refractivity contribution is 6.02. The summed E-state index contributed by atoms with van der Waals surface area (Å²) in [5, 5.41) is 14.7. The van der Waals surface area contributed by atoms with Crippen molar-refractivity contribution in [2.24, 2.45) is 5.92 Å². The molecular weight excluding hydrogens is 290 g/mol. The molecule has 6 heteroatoms. The van der Waals surface area contributed by atoms with Crippen LogP contribution in [0.15, 0.2) is 36.7 Å². The Kier molecular flexibility index (Phi) is 5.64. The van der Waals surface area contributed by atoms with Gasteiger partial charge in [0.2, 0.25) is 0 Å². The summed E-state index contributed by atoms with van der Waals surface area (Å²) in [4.78, 5) is 20.4. The minimum Gasteiger partial charge on any atom is -0.369 e. The molecule has 0 saturated carbocycles. The minimum atomic E-state index is -0.360. The summed E-state index contributed by atoms with van der Waals surface area (Å²) in [5.74, 6) is 0.902. The van der Waals surface area contributed by atoms with Gasteiger partial charge in [-0.25, -0.2) is 9.97 Å². The van der Waals surface area contributed by atoms with E-state index in [1.54, 1.807) is 30.5 Å². The number of nitrogens with zero attached hydrogens (tertiary/aromatic N) is 3. The molecule has 0 aliphatic heterocycles. The number of carbonyl (C=O) groups is 1. The summed E-state index contributed by atoms with van der Waals surface area (Å²) in [6.07, 6.45) is 4.02. The lowest BCUT2D eigenvalue weighted by molar-refractivity contribution is 0.102. The van der Waals surface area contributed by atoms with Crippen molar-refractivity contribution < 1.29 is 4.79 Å². The van der Waals surface area contributed by atoms with Gasteiger partial charge >= 0.3 is 0 Å². The zero-order valence-corrected chi connectivity index (χ0v) is 13.2. The van der Waals surface area contributed by atoms with Crippen LogP contribution < -0.4 is 10.6 Å². The van der Waals surface area contributed by atoms with Gasteiger partial charge in [-0.1, -0.05) is 19.9 Å². The van der Waals surface area contributed by atoms with Crippen molar-refractivity contribution >= 4 is 17.4 Å². The number of hydrogen-bond acceptors (Lipinski definition) is 5. The van der Waals surface area contributed by atoms with E-state index in [4.69, 9.17) is 5.26 Å². The number of benzene rings is 1. The molecule has 0 spiro atoms. The van der Waals surface area contributed by atoms with E-state index in [0.717, 1.165) is 13.0 Å². The molecule has 2 rings (SSSR count). The minimum absolute atomic E-state index is 0.224. The normalized spacial score (nSPS) is 10.2. The highest BCUT2D eigenvalue weighted by atomic mass is 16.1. The van der Waals surface area contributed by atoms with Gasteiger partial charge in [0.15, 0.2) is 0 Å². The standard InChI is InChI=1S/C17H19N5O/c1-12(2)6-7-19-16-11-20-15(10-21-16)17(23)22-14-5-3-4-13(8-14)9-18/h3-5,8,10-12H,6-7H2,1-2H3,(H,19,21)(H,22,23). The van der Waals surface area contributed by atoms with Crippen LogP contribution in [0.4, 0.5) is 11.5 Å². The van der Waals surface area contributed by atoms with Gasteiger partial charge in [0.05, 0.1) is 24.0 Å². The molecule has 0 atom stereocenters. The van der Waals surface area contributed by atoms with Crippen LogP contribution >= 0.6 is 0 Å². The van der Waals surface area contributed by atoms with Crippen molar-refractivity contribution in [1.29, 1.82) is 5.26 Å². The molecule has 1 amide bonds. The molecule has 0 bridgehead atoms. The fourth-order valence-corrected chi connectivity index (χ4v) is 1.89. The molecule has 0 aliphatic rings. The Bertz CT molecular complexity index is 704. The first-order valence-corrected chi connectivity index (χ1v) is 7.46. The van der Waals surface area contributed by atoms with E-state index in [1.165, 1.54) is 6.20 Å². The van der Waals surface area contributed by atoms with Gasteiger partial charge in [0.1, 0.15) is 11.5 Å². The SMILES string of the molecule is CC(C)CCNc1cnc(C(=O)Nc2cccc(C#N)c2)cn1. The molecule has 1 aromatic heterocycles. The average molecular weight is 309 g/mol. The third-order valence-electron chi connectivity index (χ3n) is 3.16. The molecule has 6 nitrogen and oxygen atoms in total. The molecule has 118 valence electrons. The van der Waals surface area contributed by atoms with E-state index in [0.29, 0.717) is 23.0 Å².